The monoisotopic (exact) mass is 288 g/mol. The number of likely N-dealkylation sites (tertiary alicyclic amines) is 1. The van der Waals surface area contributed by atoms with Gasteiger partial charge in [0.05, 0.1) is 5.56 Å². The Hall–Kier alpha value is -2.11. The zero-order chi connectivity index (χ0) is 15.0. The molecule has 0 unspecified atom stereocenters. The van der Waals surface area contributed by atoms with Crippen molar-refractivity contribution in [3.8, 4) is 0 Å². The molecule has 1 N–H and O–H groups in total. The Bertz CT molecular complexity index is 556. The zero-order valence-electron chi connectivity index (χ0n) is 12.4. The summed E-state index contributed by atoms with van der Waals surface area (Å²) in [5.41, 5.74) is 0.839. The lowest BCUT2D eigenvalue weighted by atomic mass is 9.72. The van der Waals surface area contributed by atoms with Crippen LogP contribution in [-0.2, 0) is 4.79 Å². The smallest absolute Gasteiger partial charge is 0.252 e. The average molecular weight is 288 g/mol. The molecule has 2 saturated heterocycles. The number of nitrogens with one attached hydrogen (secondary N) is 1. The van der Waals surface area contributed by atoms with Gasteiger partial charge in [-0.3, -0.25) is 9.59 Å². The van der Waals surface area contributed by atoms with Crippen LogP contribution in [0.3, 0.4) is 0 Å². The maximum atomic E-state index is 11.6. The zero-order valence-corrected chi connectivity index (χ0v) is 12.4. The molecule has 0 aliphatic carbocycles. The second-order valence-corrected chi connectivity index (χ2v) is 5.94. The molecule has 6 heteroatoms. The van der Waals surface area contributed by atoms with Crippen molar-refractivity contribution in [3.63, 3.8) is 0 Å². The van der Waals surface area contributed by atoms with Crippen molar-refractivity contribution in [2.24, 2.45) is 5.41 Å². The van der Waals surface area contributed by atoms with E-state index in [-0.39, 0.29) is 17.2 Å². The molecular weight excluding hydrogens is 268 g/mol. The van der Waals surface area contributed by atoms with Gasteiger partial charge < -0.3 is 15.1 Å². The molecular formula is C15H20N4O2. The van der Waals surface area contributed by atoms with Crippen LogP contribution in [0.2, 0.25) is 0 Å². The topological polar surface area (TPSA) is 65.5 Å². The molecule has 6 nitrogen and oxygen atoms in total. The van der Waals surface area contributed by atoms with Crippen molar-refractivity contribution in [2.45, 2.75) is 13.3 Å². The summed E-state index contributed by atoms with van der Waals surface area (Å²) in [6, 6.07) is 3.67. The Morgan fingerprint density at radius 1 is 1.29 bits per heavy atom. The van der Waals surface area contributed by atoms with Gasteiger partial charge in [-0.05, 0) is 12.1 Å². The highest BCUT2D eigenvalue weighted by Gasteiger charge is 2.53. The van der Waals surface area contributed by atoms with Crippen LogP contribution in [0.1, 0.15) is 23.7 Å². The van der Waals surface area contributed by atoms with E-state index in [1.165, 1.54) is 0 Å². The molecule has 112 valence electrons. The van der Waals surface area contributed by atoms with Crippen LogP contribution in [0.4, 0.5) is 5.82 Å². The van der Waals surface area contributed by atoms with Gasteiger partial charge in [-0.15, -0.1) is 0 Å². The first-order valence-electron chi connectivity index (χ1n) is 7.28. The van der Waals surface area contributed by atoms with Crippen LogP contribution in [0, 0.1) is 5.41 Å². The van der Waals surface area contributed by atoms with E-state index in [1.54, 1.807) is 19.3 Å². The third-order valence-electron chi connectivity index (χ3n) is 4.32. The van der Waals surface area contributed by atoms with E-state index >= 15 is 0 Å². The second-order valence-electron chi connectivity index (χ2n) is 5.94. The number of rotatable bonds is 3. The van der Waals surface area contributed by atoms with Crippen molar-refractivity contribution in [2.75, 3.05) is 38.1 Å². The Labute approximate surface area is 124 Å². The van der Waals surface area contributed by atoms with Crippen molar-refractivity contribution < 1.29 is 9.59 Å². The minimum atomic E-state index is -0.123. The van der Waals surface area contributed by atoms with Gasteiger partial charge in [-0.25, -0.2) is 4.98 Å². The number of amides is 2. The number of carbonyl (C=O) groups is 2. The third kappa shape index (κ3) is 2.34. The first kappa shape index (κ1) is 13.9. The molecule has 2 amide bonds. The van der Waals surface area contributed by atoms with Gasteiger partial charge >= 0.3 is 0 Å². The summed E-state index contributed by atoms with van der Waals surface area (Å²) in [4.78, 5) is 31.5. The molecule has 1 aromatic rings. The van der Waals surface area contributed by atoms with E-state index in [9.17, 15) is 9.59 Å². The number of hydrogen-bond acceptors (Lipinski definition) is 4. The normalized spacial score (nSPS) is 19.0. The van der Waals surface area contributed by atoms with E-state index in [2.05, 4.69) is 15.2 Å². The van der Waals surface area contributed by atoms with E-state index in [0.29, 0.717) is 12.0 Å². The van der Waals surface area contributed by atoms with E-state index < -0.39 is 0 Å². The molecule has 0 radical (unpaired) electrons. The summed E-state index contributed by atoms with van der Waals surface area (Å²) in [6.45, 7) is 5.51. The maximum Gasteiger partial charge on any atom is 0.252 e. The fourth-order valence-corrected chi connectivity index (χ4v) is 3.14. The average Bonchev–Trinajstić information content (AvgIpc) is 2.43. The van der Waals surface area contributed by atoms with Crippen LogP contribution in [0.15, 0.2) is 18.3 Å². The molecule has 0 atom stereocenters. The van der Waals surface area contributed by atoms with Crippen LogP contribution >= 0.6 is 0 Å². The fourth-order valence-electron chi connectivity index (χ4n) is 3.14. The lowest BCUT2D eigenvalue weighted by Crippen LogP contribution is -2.73. The number of aromatic nitrogens is 1. The summed E-state index contributed by atoms with van der Waals surface area (Å²) in [7, 11) is 1.61. The summed E-state index contributed by atoms with van der Waals surface area (Å²) in [6.07, 6.45) is 2.19. The van der Waals surface area contributed by atoms with Crippen molar-refractivity contribution in [1.82, 2.24) is 15.2 Å². The molecule has 21 heavy (non-hydrogen) atoms. The third-order valence-corrected chi connectivity index (χ3v) is 4.32. The quantitative estimate of drug-likeness (QED) is 0.879. The van der Waals surface area contributed by atoms with Gasteiger partial charge in [-0.2, -0.15) is 0 Å². The molecule has 1 aromatic heterocycles. The van der Waals surface area contributed by atoms with Crippen molar-refractivity contribution in [3.05, 3.63) is 23.9 Å². The van der Waals surface area contributed by atoms with Crippen molar-refractivity contribution in [1.29, 1.82) is 0 Å². The number of nitrogens with zero attached hydrogens (tertiary/aromatic N) is 3. The van der Waals surface area contributed by atoms with Crippen LogP contribution in [0.25, 0.3) is 0 Å². The molecule has 3 rings (SSSR count). The minimum Gasteiger partial charge on any atom is -0.355 e. The van der Waals surface area contributed by atoms with Crippen LogP contribution < -0.4 is 10.2 Å². The van der Waals surface area contributed by atoms with Crippen LogP contribution in [0.5, 0.6) is 0 Å². The first-order chi connectivity index (χ1) is 10.1. The minimum absolute atomic E-state index is 0.123. The highest BCUT2D eigenvalue weighted by molar-refractivity contribution is 5.93. The van der Waals surface area contributed by atoms with Gasteiger partial charge in [0.1, 0.15) is 5.82 Å². The molecule has 1 spiro atoms. The van der Waals surface area contributed by atoms with E-state index in [1.807, 2.05) is 17.9 Å². The predicted octanol–water partition coefficient (Wildman–Crippen LogP) is 0.500. The van der Waals surface area contributed by atoms with E-state index in [0.717, 1.165) is 32.0 Å². The summed E-state index contributed by atoms with van der Waals surface area (Å²) in [5.74, 6) is 1.02. The van der Waals surface area contributed by atoms with Crippen LogP contribution in [-0.4, -0.2) is 54.9 Å². The standard InChI is InChI=1S/C15H20N4O2/c1-3-13(20)19-9-15(10-19)7-18(8-15)12-5-4-11(6-17-12)14(21)16-2/h4-6H,3,7-10H2,1-2H3,(H,16,21). The molecule has 2 aliphatic heterocycles. The molecule has 0 bridgehead atoms. The lowest BCUT2D eigenvalue weighted by molar-refractivity contribution is -0.144. The fraction of sp³-hybridized carbons (Fsp3) is 0.533. The first-order valence-corrected chi connectivity index (χ1v) is 7.28. The number of carbonyl (C=O) groups excluding carboxylic acids is 2. The van der Waals surface area contributed by atoms with Gasteiger partial charge in [0.2, 0.25) is 5.91 Å². The number of anilines is 1. The molecule has 3 heterocycles. The Balaban J connectivity index is 1.55. The maximum absolute atomic E-state index is 11.6. The van der Waals surface area contributed by atoms with Gasteiger partial charge in [0.15, 0.2) is 0 Å². The summed E-state index contributed by atoms with van der Waals surface area (Å²) in [5, 5.41) is 2.58. The lowest BCUT2D eigenvalue weighted by Gasteiger charge is -2.60. The predicted molar refractivity (Wildman–Crippen MR) is 79.1 cm³/mol. The van der Waals surface area contributed by atoms with Gasteiger partial charge in [-0.1, -0.05) is 6.92 Å². The second kappa shape index (κ2) is 5.02. The van der Waals surface area contributed by atoms with Crippen molar-refractivity contribution >= 4 is 17.6 Å². The highest BCUT2D eigenvalue weighted by Crippen LogP contribution is 2.41. The SMILES string of the molecule is CCC(=O)N1CC2(C1)CN(c1ccc(C(=O)NC)cn1)C2. The van der Waals surface area contributed by atoms with E-state index in [4.69, 9.17) is 0 Å². The Kier molecular flexibility index (Phi) is 3.31. The van der Waals surface area contributed by atoms with Gasteiger partial charge in [0.25, 0.3) is 5.91 Å². The highest BCUT2D eigenvalue weighted by atomic mass is 16.2. The molecule has 0 aromatic carbocycles. The number of hydrogen-bond donors (Lipinski definition) is 1. The Morgan fingerprint density at radius 3 is 2.52 bits per heavy atom. The molecule has 2 fully saturated rings. The Morgan fingerprint density at radius 2 is 2.00 bits per heavy atom. The van der Waals surface area contributed by atoms with Gasteiger partial charge in [0, 0.05) is 51.3 Å². The summed E-state index contributed by atoms with van der Waals surface area (Å²) < 4.78 is 0. The summed E-state index contributed by atoms with van der Waals surface area (Å²) >= 11 is 0. The molecule has 2 aliphatic rings. The molecule has 0 saturated carbocycles. The number of pyridine rings is 1. The largest absolute Gasteiger partial charge is 0.355 e.